The zero-order valence-electron chi connectivity index (χ0n) is 11.6. The second kappa shape index (κ2) is 5.90. The van der Waals surface area contributed by atoms with Gasteiger partial charge in [-0.15, -0.1) is 6.42 Å². The van der Waals surface area contributed by atoms with E-state index < -0.39 is 0 Å². The number of hydrogen-bond acceptors (Lipinski definition) is 2. The van der Waals surface area contributed by atoms with Crippen LogP contribution in [0.15, 0.2) is 24.3 Å². The van der Waals surface area contributed by atoms with Crippen molar-refractivity contribution in [2.75, 3.05) is 26.2 Å². The molecule has 1 aromatic carbocycles. The molecule has 0 bridgehead atoms. The van der Waals surface area contributed by atoms with Gasteiger partial charge in [-0.2, -0.15) is 0 Å². The summed E-state index contributed by atoms with van der Waals surface area (Å²) in [6.07, 6.45) is 5.37. The Kier molecular flexibility index (Phi) is 4.24. The summed E-state index contributed by atoms with van der Waals surface area (Å²) < 4.78 is 0. The van der Waals surface area contributed by atoms with Crippen LogP contribution in [0.2, 0.25) is 0 Å². The van der Waals surface area contributed by atoms with Gasteiger partial charge in [-0.1, -0.05) is 12.0 Å². The van der Waals surface area contributed by atoms with E-state index in [-0.39, 0.29) is 5.91 Å². The molecule has 0 aliphatic carbocycles. The Morgan fingerprint density at radius 1 is 1.26 bits per heavy atom. The molecule has 1 aromatic rings. The molecule has 0 unspecified atom stereocenters. The number of rotatable bonds is 2. The van der Waals surface area contributed by atoms with Gasteiger partial charge >= 0.3 is 0 Å². The van der Waals surface area contributed by atoms with Gasteiger partial charge in [0.15, 0.2) is 0 Å². The monoisotopic (exact) mass is 256 g/mol. The number of benzene rings is 1. The Morgan fingerprint density at radius 3 is 2.53 bits per heavy atom. The Morgan fingerprint density at radius 2 is 1.95 bits per heavy atom. The van der Waals surface area contributed by atoms with E-state index in [4.69, 9.17) is 6.42 Å². The van der Waals surface area contributed by atoms with Crippen molar-refractivity contribution < 1.29 is 4.79 Å². The lowest BCUT2D eigenvalue weighted by molar-refractivity contribution is 0.0595. The predicted octanol–water partition coefficient (Wildman–Crippen LogP) is 1.83. The molecule has 0 spiro atoms. The zero-order valence-corrected chi connectivity index (χ0v) is 11.6. The number of nitrogens with zero attached hydrogens (tertiary/aromatic N) is 2. The van der Waals surface area contributed by atoms with E-state index in [9.17, 15) is 4.79 Å². The first-order chi connectivity index (χ1) is 9.11. The fraction of sp³-hybridized carbons (Fsp3) is 0.438. The van der Waals surface area contributed by atoms with Gasteiger partial charge in [0.1, 0.15) is 0 Å². The Bertz CT molecular complexity index is 494. The van der Waals surface area contributed by atoms with Gasteiger partial charge < -0.3 is 4.90 Å². The second-order valence-corrected chi connectivity index (χ2v) is 5.15. The molecular formula is C16H20N2O. The lowest BCUT2D eigenvalue weighted by Crippen LogP contribution is -2.50. The highest BCUT2D eigenvalue weighted by Crippen LogP contribution is 2.12. The Balaban J connectivity index is 2.03. The van der Waals surface area contributed by atoms with Crippen LogP contribution in [0.25, 0.3) is 0 Å². The number of hydrogen-bond donors (Lipinski definition) is 0. The van der Waals surface area contributed by atoms with Gasteiger partial charge in [0.05, 0.1) is 0 Å². The normalized spacial score (nSPS) is 16.4. The summed E-state index contributed by atoms with van der Waals surface area (Å²) in [5.74, 6) is 2.65. The Labute approximate surface area is 115 Å². The molecule has 0 N–H and O–H groups in total. The number of carbonyl (C=O) groups is 1. The number of amides is 1. The molecule has 0 saturated carbocycles. The van der Waals surface area contributed by atoms with Gasteiger partial charge in [0.2, 0.25) is 0 Å². The first-order valence-corrected chi connectivity index (χ1v) is 6.72. The maximum atomic E-state index is 12.4. The van der Waals surface area contributed by atoms with Gasteiger partial charge in [-0.25, -0.2) is 0 Å². The Hall–Kier alpha value is -1.79. The zero-order chi connectivity index (χ0) is 13.8. The van der Waals surface area contributed by atoms with E-state index in [1.54, 1.807) is 6.07 Å². The largest absolute Gasteiger partial charge is 0.336 e. The molecule has 0 aromatic heterocycles. The first-order valence-electron chi connectivity index (χ1n) is 6.72. The van der Waals surface area contributed by atoms with Crippen LogP contribution < -0.4 is 0 Å². The minimum atomic E-state index is 0.0838. The molecule has 1 fully saturated rings. The summed E-state index contributed by atoms with van der Waals surface area (Å²) in [7, 11) is 0. The number of carbonyl (C=O) groups excluding carboxylic acids is 1. The summed E-state index contributed by atoms with van der Waals surface area (Å²) >= 11 is 0. The molecule has 0 radical (unpaired) electrons. The van der Waals surface area contributed by atoms with Crippen molar-refractivity contribution in [3.63, 3.8) is 0 Å². The number of terminal acetylenes is 1. The lowest BCUT2D eigenvalue weighted by atomic mass is 10.1. The fourth-order valence-electron chi connectivity index (χ4n) is 2.37. The van der Waals surface area contributed by atoms with E-state index in [1.807, 2.05) is 23.1 Å². The van der Waals surface area contributed by atoms with Crippen LogP contribution in [-0.2, 0) is 0 Å². The highest BCUT2D eigenvalue weighted by atomic mass is 16.2. The van der Waals surface area contributed by atoms with Crippen molar-refractivity contribution in [3.8, 4) is 12.3 Å². The maximum Gasteiger partial charge on any atom is 0.253 e. The maximum absolute atomic E-state index is 12.4. The molecule has 19 heavy (non-hydrogen) atoms. The average Bonchev–Trinajstić information content (AvgIpc) is 2.46. The molecule has 0 atom stereocenters. The molecule has 2 rings (SSSR count). The van der Waals surface area contributed by atoms with Gasteiger partial charge in [0, 0.05) is 43.3 Å². The lowest BCUT2D eigenvalue weighted by Gasteiger charge is -2.37. The summed E-state index contributed by atoms with van der Waals surface area (Å²) in [5.41, 5.74) is 1.44. The topological polar surface area (TPSA) is 23.6 Å². The third kappa shape index (κ3) is 3.15. The quantitative estimate of drug-likeness (QED) is 0.754. The summed E-state index contributed by atoms with van der Waals surface area (Å²) in [6.45, 7) is 7.84. The van der Waals surface area contributed by atoms with Gasteiger partial charge in [-0.05, 0) is 32.0 Å². The molecule has 1 amide bonds. The molecule has 3 heteroatoms. The SMILES string of the molecule is C#Cc1cccc(C(=O)N2CCN(C(C)C)CC2)c1. The van der Waals surface area contributed by atoms with Crippen LogP contribution in [0.5, 0.6) is 0 Å². The van der Waals surface area contributed by atoms with Gasteiger partial charge in [0.25, 0.3) is 5.91 Å². The minimum Gasteiger partial charge on any atom is -0.336 e. The first kappa shape index (κ1) is 13.6. The van der Waals surface area contributed by atoms with Crippen molar-refractivity contribution >= 4 is 5.91 Å². The molecule has 1 aliphatic heterocycles. The van der Waals surface area contributed by atoms with E-state index >= 15 is 0 Å². The third-order valence-electron chi connectivity index (χ3n) is 3.61. The average molecular weight is 256 g/mol. The molecule has 1 aliphatic rings. The minimum absolute atomic E-state index is 0.0838. The van der Waals surface area contributed by atoms with Crippen molar-refractivity contribution in [1.82, 2.24) is 9.80 Å². The van der Waals surface area contributed by atoms with Crippen LogP contribution in [0.4, 0.5) is 0 Å². The molecule has 1 heterocycles. The van der Waals surface area contributed by atoms with Crippen LogP contribution >= 0.6 is 0 Å². The second-order valence-electron chi connectivity index (χ2n) is 5.15. The van der Waals surface area contributed by atoms with Crippen molar-refractivity contribution in [2.24, 2.45) is 0 Å². The smallest absolute Gasteiger partial charge is 0.253 e. The third-order valence-corrected chi connectivity index (χ3v) is 3.61. The molecule has 1 saturated heterocycles. The highest BCUT2D eigenvalue weighted by molar-refractivity contribution is 5.94. The summed E-state index contributed by atoms with van der Waals surface area (Å²) in [5, 5.41) is 0. The van der Waals surface area contributed by atoms with E-state index in [2.05, 4.69) is 24.7 Å². The predicted molar refractivity (Wildman–Crippen MR) is 77.0 cm³/mol. The van der Waals surface area contributed by atoms with Crippen molar-refractivity contribution in [1.29, 1.82) is 0 Å². The van der Waals surface area contributed by atoms with Crippen molar-refractivity contribution in [2.45, 2.75) is 19.9 Å². The van der Waals surface area contributed by atoms with Crippen LogP contribution in [0, 0.1) is 12.3 Å². The highest BCUT2D eigenvalue weighted by Gasteiger charge is 2.23. The summed E-state index contributed by atoms with van der Waals surface area (Å²) in [6, 6.07) is 7.84. The van der Waals surface area contributed by atoms with Gasteiger partial charge in [-0.3, -0.25) is 9.69 Å². The van der Waals surface area contributed by atoms with E-state index in [1.165, 1.54) is 0 Å². The van der Waals surface area contributed by atoms with Crippen LogP contribution in [0.1, 0.15) is 29.8 Å². The van der Waals surface area contributed by atoms with E-state index in [0.717, 1.165) is 31.7 Å². The molecular weight excluding hydrogens is 236 g/mol. The summed E-state index contributed by atoms with van der Waals surface area (Å²) in [4.78, 5) is 16.7. The van der Waals surface area contributed by atoms with Crippen LogP contribution in [0.3, 0.4) is 0 Å². The van der Waals surface area contributed by atoms with Crippen LogP contribution in [-0.4, -0.2) is 47.9 Å². The van der Waals surface area contributed by atoms with Crippen molar-refractivity contribution in [3.05, 3.63) is 35.4 Å². The number of piperazine rings is 1. The molecule has 3 nitrogen and oxygen atoms in total. The van der Waals surface area contributed by atoms with E-state index in [0.29, 0.717) is 11.6 Å². The molecule has 100 valence electrons. The fourth-order valence-corrected chi connectivity index (χ4v) is 2.37. The standard InChI is InChI=1S/C16H20N2O/c1-4-14-6-5-7-15(12-14)16(19)18-10-8-17(9-11-18)13(2)3/h1,5-7,12-13H,8-11H2,2-3H3.